The van der Waals surface area contributed by atoms with E-state index in [9.17, 15) is 22.8 Å². The number of carbonyl (C=O) groups excluding carboxylic acids is 2. The number of nitrogens with one attached hydrogen (secondary N) is 2. The van der Waals surface area contributed by atoms with Gasteiger partial charge in [0, 0.05) is 12.6 Å². The van der Waals surface area contributed by atoms with Gasteiger partial charge in [0.25, 0.3) is 0 Å². The number of hydrogen-bond acceptors (Lipinski definition) is 5. The number of halogens is 3. The van der Waals surface area contributed by atoms with Crippen LogP contribution in [0.2, 0.25) is 0 Å². The summed E-state index contributed by atoms with van der Waals surface area (Å²) in [5.41, 5.74) is -1.10. The van der Waals surface area contributed by atoms with Gasteiger partial charge in [-0.2, -0.15) is 13.2 Å². The Morgan fingerprint density at radius 1 is 1.37 bits per heavy atom. The third-order valence-corrected chi connectivity index (χ3v) is 2.49. The van der Waals surface area contributed by atoms with Crippen molar-refractivity contribution in [2.75, 3.05) is 5.32 Å². The van der Waals surface area contributed by atoms with Gasteiger partial charge >= 0.3 is 6.18 Å². The maximum absolute atomic E-state index is 12.4. The zero-order valence-electron chi connectivity index (χ0n) is 9.49. The fraction of sp³-hybridized carbons (Fsp3) is 0.400. The summed E-state index contributed by atoms with van der Waals surface area (Å²) >= 11 is 0. The van der Waals surface area contributed by atoms with E-state index in [0.29, 0.717) is 0 Å². The molecule has 0 spiro atoms. The molecule has 0 radical (unpaired) electrons. The van der Waals surface area contributed by atoms with E-state index in [1.807, 2.05) is 0 Å². The van der Waals surface area contributed by atoms with Gasteiger partial charge in [0.1, 0.15) is 11.7 Å². The average molecular weight is 274 g/mol. The van der Waals surface area contributed by atoms with Crippen molar-refractivity contribution in [1.29, 1.82) is 0 Å². The van der Waals surface area contributed by atoms with Gasteiger partial charge in [0.05, 0.1) is 0 Å². The minimum Gasteiger partial charge on any atom is -0.342 e. The van der Waals surface area contributed by atoms with Crippen LogP contribution in [-0.4, -0.2) is 27.8 Å². The number of imide groups is 1. The highest BCUT2D eigenvalue weighted by atomic mass is 19.4. The van der Waals surface area contributed by atoms with Crippen molar-refractivity contribution in [2.45, 2.75) is 25.1 Å². The normalized spacial score (nSPS) is 20.1. The molecule has 1 aromatic heterocycles. The average Bonchev–Trinajstić information content (AvgIpc) is 2.32. The van der Waals surface area contributed by atoms with Crippen molar-refractivity contribution in [3.8, 4) is 0 Å². The first-order chi connectivity index (χ1) is 8.86. The lowest BCUT2D eigenvalue weighted by atomic mass is 10.1. The van der Waals surface area contributed by atoms with Crippen LogP contribution in [0, 0.1) is 0 Å². The molecule has 1 unspecified atom stereocenters. The minimum atomic E-state index is -4.58. The molecule has 9 heteroatoms. The molecule has 0 aromatic carbocycles. The molecule has 1 atom stereocenters. The number of anilines is 1. The third-order valence-electron chi connectivity index (χ3n) is 2.49. The van der Waals surface area contributed by atoms with E-state index in [4.69, 9.17) is 0 Å². The largest absolute Gasteiger partial charge is 0.433 e. The predicted molar refractivity (Wildman–Crippen MR) is 56.8 cm³/mol. The van der Waals surface area contributed by atoms with Crippen LogP contribution in [-0.2, 0) is 15.8 Å². The zero-order chi connectivity index (χ0) is 14.0. The summed E-state index contributed by atoms with van der Waals surface area (Å²) in [5, 5.41) is 4.55. The summed E-state index contributed by atoms with van der Waals surface area (Å²) in [6, 6.07) is -0.0866. The molecule has 19 heavy (non-hydrogen) atoms. The SMILES string of the molecule is O=C1CCC(Nc2nccc(C(F)(F)F)n2)C(=O)N1. The van der Waals surface area contributed by atoms with Crippen molar-refractivity contribution < 1.29 is 22.8 Å². The van der Waals surface area contributed by atoms with Crippen molar-refractivity contribution >= 4 is 17.8 Å². The van der Waals surface area contributed by atoms with Crippen LogP contribution in [0.25, 0.3) is 0 Å². The Bertz CT molecular complexity index is 518. The molecule has 1 aliphatic rings. The molecule has 2 heterocycles. The minimum absolute atomic E-state index is 0.113. The van der Waals surface area contributed by atoms with Gasteiger partial charge in [0.15, 0.2) is 0 Å². The molecular formula is C10H9F3N4O2. The number of nitrogens with zero attached hydrogens (tertiary/aromatic N) is 2. The van der Waals surface area contributed by atoms with Gasteiger partial charge in [-0.1, -0.05) is 0 Å². The maximum atomic E-state index is 12.4. The molecule has 6 nitrogen and oxygen atoms in total. The fourth-order valence-corrected chi connectivity index (χ4v) is 1.57. The second kappa shape index (κ2) is 4.82. The molecule has 1 aromatic rings. The second-order valence-corrected chi connectivity index (χ2v) is 3.91. The Labute approximate surface area is 105 Å². The first-order valence-corrected chi connectivity index (χ1v) is 5.37. The molecular weight excluding hydrogens is 265 g/mol. The van der Waals surface area contributed by atoms with Gasteiger partial charge in [-0.05, 0) is 12.5 Å². The van der Waals surface area contributed by atoms with E-state index in [1.54, 1.807) is 0 Å². The Morgan fingerprint density at radius 2 is 2.11 bits per heavy atom. The maximum Gasteiger partial charge on any atom is 0.433 e. The van der Waals surface area contributed by atoms with E-state index >= 15 is 0 Å². The lowest BCUT2D eigenvalue weighted by Gasteiger charge is -2.21. The highest BCUT2D eigenvalue weighted by Gasteiger charge is 2.33. The number of piperidine rings is 1. The Morgan fingerprint density at radius 3 is 2.74 bits per heavy atom. The van der Waals surface area contributed by atoms with Crippen LogP contribution in [0.3, 0.4) is 0 Å². The van der Waals surface area contributed by atoms with Crippen LogP contribution in [0.4, 0.5) is 19.1 Å². The molecule has 0 aliphatic carbocycles. The first kappa shape index (κ1) is 13.2. The molecule has 2 N–H and O–H groups in total. The third kappa shape index (κ3) is 3.18. The topological polar surface area (TPSA) is 84.0 Å². The number of amides is 2. The molecule has 0 bridgehead atoms. The quantitative estimate of drug-likeness (QED) is 0.776. The summed E-state index contributed by atoms with van der Waals surface area (Å²) in [6.45, 7) is 0. The van der Waals surface area contributed by atoms with Gasteiger partial charge in [0.2, 0.25) is 17.8 Å². The highest BCUT2D eigenvalue weighted by molar-refractivity contribution is 6.01. The van der Waals surface area contributed by atoms with Gasteiger partial charge in [-0.15, -0.1) is 0 Å². The van der Waals surface area contributed by atoms with Gasteiger partial charge in [-0.25, -0.2) is 9.97 Å². The van der Waals surface area contributed by atoms with E-state index in [0.717, 1.165) is 12.3 Å². The fourth-order valence-electron chi connectivity index (χ4n) is 1.57. The van der Waals surface area contributed by atoms with Crippen molar-refractivity contribution in [1.82, 2.24) is 15.3 Å². The lowest BCUT2D eigenvalue weighted by molar-refractivity contribution is -0.141. The van der Waals surface area contributed by atoms with Crippen LogP contribution in [0.15, 0.2) is 12.3 Å². The number of carbonyl (C=O) groups is 2. The lowest BCUT2D eigenvalue weighted by Crippen LogP contribution is -2.47. The van der Waals surface area contributed by atoms with E-state index in [1.165, 1.54) is 0 Å². The van der Waals surface area contributed by atoms with Crippen LogP contribution >= 0.6 is 0 Å². The van der Waals surface area contributed by atoms with E-state index in [-0.39, 0.29) is 18.8 Å². The smallest absolute Gasteiger partial charge is 0.342 e. The van der Waals surface area contributed by atoms with Crippen molar-refractivity contribution in [3.63, 3.8) is 0 Å². The van der Waals surface area contributed by atoms with Crippen molar-refractivity contribution in [2.24, 2.45) is 0 Å². The Hall–Kier alpha value is -2.19. The Balaban J connectivity index is 2.11. The molecule has 2 rings (SSSR count). The molecule has 2 amide bonds. The molecule has 102 valence electrons. The van der Waals surface area contributed by atoms with E-state index in [2.05, 4.69) is 20.6 Å². The number of hydrogen-bond donors (Lipinski definition) is 2. The molecule has 1 saturated heterocycles. The highest BCUT2D eigenvalue weighted by Crippen LogP contribution is 2.27. The van der Waals surface area contributed by atoms with Gasteiger partial charge < -0.3 is 5.32 Å². The molecule has 1 aliphatic heterocycles. The zero-order valence-corrected chi connectivity index (χ0v) is 9.49. The van der Waals surface area contributed by atoms with Crippen LogP contribution in [0.1, 0.15) is 18.5 Å². The van der Waals surface area contributed by atoms with E-state index < -0.39 is 29.7 Å². The van der Waals surface area contributed by atoms with Crippen molar-refractivity contribution in [3.05, 3.63) is 18.0 Å². The van der Waals surface area contributed by atoms with Crippen LogP contribution < -0.4 is 10.6 Å². The monoisotopic (exact) mass is 274 g/mol. The summed E-state index contributed by atoms with van der Waals surface area (Å²) in [6.07, 6.45) is -3.33. The number of aromatic nitrogens is 2. The standard InChI is InChI=1S/C10H9F3N4O2/c11-10(12,13)6-3-4-14-9(16-6)15-5-1-2-7(18)17-8(5)19/h3-5H,1-2H2,(H,14,15,16)(H,17,18,19). The predicted octanol–water partition coefficient (Wildman–Crippen LogP) is 0.712. The first-order valence-electron chi connectivity index (χ1n) is 5.37. The van der Waals surface area contributed by atoms with Crippen LogP contribution in [0.5, 0.6) is 0 Å². The number of rotatable bonds is 2. The molecule has 1 fully saturated rings. The molecule has 0 saturated carbocycles. The summed E-state index contributed by atoms with van der Waals surface area (Å²) in [5.74, 6) is -1.31. The Kier molecular flexibility index (Phi) is 3.36. The summed E-state index contributed by atoms with van der Waals surface area (Å²) in [4.78, 5) is 29.2. The summed E-state index contributed by atoms with van der Waals surface area (Å²) < 4.78 is 37.3. The second-order valence-electron chi connectivity index (χ2n) is 3.91. The van der Waals surface area contributed by atoms with Gasteiger partial charge in [-0.3, -0.25) is 14.9 Å². The summed E-state index contributed by atoms with van der Waals surface area (Å²) in [7, 11) is 0. The number of alkyl halides is 3.